The molecule has 0 spiro atoms. The maximum absolute atomic E-state index is 9.27. The third kappa shape index (κ3) is 5.81. The average molecular weight is 280 g/mol. The van der Waals surface area contributed by atoms with E-state index < -0.39 is 5.54 Å². The highest BCUT2D eigenvalue weighted by atomic mass is 16.5. The molecule has 0 bridgehead atoms. The van der Waals surface area contributed by atoms with E-state index in [0.717, 1.165) is 44.2 Å². The van der Waals surface area contributed by atoms with Crippen LogP contribution in [0.15, 0.2) is 0 Å². The van der Waals surface area contributed by atoms with E-state index in [1.807, 2.05) is 6.92 Å². The van der Waals surface area contributed by atoms with E-state index in [1.165, 1.54) is 19.3 Å². The van der Waals surface area contributed by atoms with Gasteiger partial charge in [0.1, 0.15) is 5.54 Å². The summed E-state index contributed by atoms with van der Waals surface area (Å²) in [5.74, 6) is 1.62. The lowest BCUT2D eigenvalue weighted by atomic mass is 9.80. The van der Waals surface area contributed by atoms with E-state index in [-0.39, 0.29) is 0 Å². The van der Waals surface area contributed by atoms with E-state index >= 15 is 0 Å². The monoisotopic (exact) mass is 280 g/mol. The number of nitriles is 1. The van der Waals surface area contributed by atoms with Crippen LogP contribution in [0.4, 0.5) is 0 Å². The van der Waals surface area contributed by atoms with Crippen molar-refractivity contribution in [1.82, 2.24) is 5.32 Å². The van der Waals surface area contributed by atoms with Crippen LogP contribution in [-0.2, 0) is 4.74 Å². The largest absolute Gasteiger partial charge is 0.378 e. The number of nitrogens with zero attached hydrogens (tertiary/aromatic N) is 1. The Kier molecular flexibility index (Phi) is 7.55. The fourth-order valence-corrected chi connectivity index (χ4v) is 2.91. The number of hydrogen-bond donors (Lipinski definition) is 1. The number of ether oxygens (including phenoxy) is 1. The molecule has 1 fully saturated rings. The lowest BCUT2D eigenvalue weighted by Gasteiger charge is -2.32. The molecule has 3 nitrogen and oxygen atoms in total. The van der Waals surface area contributed by atoms with Crippen molar-refractivity contribution in [2.45, 2.75) is 77.9 Å². The Balaban J connectivity index is 2.19. The van der Waals surface area contributed by atoms with Gasteiger partial charge in [0, 0.05) is 6.61 Å². The summed E-state index contributed by atoms with van der Waals surface area (Å²) in [5, 5.41) is 12.6. The molecule has 116 valence electrons. The predicted molar refractivity (Wildman–Crippen MR) is 83.5 cm³/mol. The minimum absolute atomic E-state index is 0.395. The van der Waals surface area contributed by atoms with Crippen molar-refractivity contribution < 1.29 is 4.74 Å². The molecule has 1 aliphatic rings. The van der Waals surface area contributed by atoms with Gasteiger partial charge in [-0.15, -0.1) is 0 Å². The summed E-state index contributed by atoms with van der Waals surface area (Å²) in [4.78, 5) is 0. The van der Waals surface area contributed by atoms with Gasteiger partial charge >= 0.3 is 0 Å². The van der Waals surface area contributed by atoms with Gasteiger partial charge in [0.05, 0.1) is 12.2 Å². The van der Waals surface area contributed by atoms with Crippen LogP contribution in [0.5, 0.6) is 0 Å². The molecule has 4 unspecified atom stereocenters. The second-order valence-electron chi connectivity index (χ2n) is 6.73. The Morgan fingerprint density at radius 2 is 2.05 bits per heavy atom. The topological polar surface area (TPSA) is 45.0 Å². The molecule has 0 aromatic heterocycles. The lowest BCUT2D eigenvalue weighted by Crippen LogP contribution is -2.41. The van der Waals surface area contributed by atoms with Gasteiger partial charge in [-0.05, 0) is 63.8 Å². The zero-order valence-electron chi connectivity index (χ0n) is 13.7. The normalized spacial score (nSPS) is 29.6. The van der Waals surface area contributed by atoms with E-state index in [4.69, 9.17) is 4.74 Å². The molecule has 1 rings (SSSR count). The molecule has 0 amide bonds. The SMILES string of the molecule is CCCNC(C)(C#N)CCCOC1CCC(C)C(C)C1. The molecule has 0 aromatic rings. The summed E-state index contributed by atoms with van der Waals surface area (Å²) in [6, 6.07) is 2.40. The van der Waals surface area contributed by atoms with Crippen molar-refractivity contribution in [2.24, 2.45) is 11.8 Å². The zero-order valence-corrected chi connectivity index (χ0v) is 13.7. The highest BCUT2D eigenvalue weighted by Gasteiger charge is 2.25. The molecule has 20 heavy (non-hydrogen) atoms. The fourth-order valence-electron chi connectivity index (χ4n) is 2.91. The average Bonchev–Trinajstić information content (AvgIpc) is 2.45. The summed E-state index contributed by atoms with van der Waals surface area (Å²) in [7, 11) is 0. The number of hydrogen-bond acceptors (Lipinski definition) is 3. The van der Waals surface area contributed by atoms with Gasteiger partial charge in [-0.25, -0.2) is 0 Å². The van der Waals surface area contributed by atoms with Crippen LogP contribution in [0.25, 0.3) is 0 Å². The summed E-state index contributed by atoms with van der Waals surface area (Å²) in [6.45, 7) is 10.5. The van der Waals surface area contributed by atoms with E-state index in [0.29, 0.717) is 6.10 Å². The van der Waals surface area contributed by atoms with Crippen LogP contribution in [0, 0.1) is 23.2 Å². The first-order valence-corrected chi connectivity index (χ1v) is 8.28. The third-order valence-corrected chi connectivity index (χ3v) is 4.74. The molecule has 1 saturated carbocycles. The Morgan fingerprint density at radius 1 is 1.30 bits per heavy atom. The van der Waals surface area contributed by atoms with Crippen LogP contribution in [0.2, 0.25) is 0 Å². The van der Waals surface area contributed by atoms with Crippen LogP contribution < -0.4 is 5.32 Å². The minimum atomic E-state index is -0.395. The van der Waals surface area contributed by atoms with Gasteiger partial charge in [0.25, 0.3) is 0 Å². The third-order valence-electron chi connectivity index (χ3n) is 4.74. The molecule has 0 heterocycles. The van der Waals surface area contributed by atoms with Gasteiger partial charge in [-0.3, -0.25) is 5.32 Å². The highest BCUT2D eigenvalue weighted by Crippen LogP contribution is 2.31. The molecule has 0 radical (unpaired) electrons. The quantitative estimate of drug-likeness (QED) is 0.686. The van der Waals surface area contributed by atoms with Crippen LogP contribution in [-0.4, -0.2) is 24.8 Å². The highest BCUT2D eigenvalue weighted by molar-refractivity contribution is 5.03. The summed E-state index contributed by atoms with van der Waals surface area (Å²) >= 11 is 0. The second kappa shape index (κ2) is 8.64. The van der Waals surface area contributed by atoms with Crippen molar-refractivity contribution >= 4 is 0 Å². The van der Waals surface area contributed by atoms with E-state index in [9.17, 15) is 5.26 Å². The first-order valence-electron chi connectivity index (χ1n) is 8.28. The number of nitrogens with one attached hydrogen (secondary N) is 1. The van der Waals surface area contributed by atoms with Crippen molar-refractivity contribution in [3.05, 3.63) is 0 Å². The van der Waals surface area contributed by atoms with E-state index in [1.54, 1.807) is 0 Å². The van der Waals surface area contributed by atoms with Crippen molar-refractivity contribution in [2.75, 3.05) is 13.2 Å². The van der Waals surface area contributed by atoms with Gasteiger partial charge in [0.2, 0.25) is 0 Å². The molecule has 0 aromatic carbocycles. The number of rotatable bonds is 8. The van der Waals surface area contributed by atoms with Crippen LogP contribution in [0.3, 0.4) is 0 Å². The minimum Gasteiger partial charge on any atom is -0.378 e. The Bertz CT molecular complexity index is 313. The molecule has 1 N–H and O–H groups in total. The second-order valence-corrected chi connectivity index (χ2v) is 6.73. The zero-order chi connectivity index (χ0) is 15.0. The lowest BCUT2D eigenvalue weighted by molar-refractivity contribution is -0.0000831. The Hall–Kier alpha value is -0.590. The summed E-state index contributed by atoms with van der Waals surface area (Å²) in [5.41, 5.74) is -0.395. The fraction of sp³-hybridized carbons (Fsp3) is 0.941. The molecule has 1 aliphatic carbocycles. The standard InChI is InChI=1S/C17H32N2O/c1-5-10-19-17(4,13-18)9-6-11-20-16-8-7-14(2)15(3)12-16/h14-16,19H,5-12H2,1-4H3. The van der Waals surface area contributed by atoms with Crippen LogP contribution in [0.1, 0.15) is 66.2 Å². The molecule has 3 heteroatoms. The maximum Gasteiger partial charge on any atom is 0.104 e. The van der Waals surface area contributed by atoms with Crippen molar-refractivity contribution in [3.63, 3.8) is 0 Å². The first-order chi connectivity index (χ1) is 9.50. The smallest absolute Gasteiger partial charge is 0.104 e. The molecule has 4 atom stereocenters. The summed E-state index contributed by atoms with van der Waals surface area (Å²) in [6.07, 6.45) is 7.02. The van der Waals surface area contributed by atoms with Gasteiger partial charge in [-0.1, -0.05) is 20.8 Å². The van der Waals surface area contributed by atoms with Crippen molar-refractivity contribution in [3.8, 4) is 6.07 Å². The molecule has 0 saturated heterocycles. The Morgan fingerprint density at radius 3 is 2.65 bits per heavy atom. The molecule has 0 aliphatic heterocycles. The van der Waals surface area contributed by atoms with Gasteiger partial charge in [0.15, 0.2) is 0 Å². The molecular formula is C17H32N2O. The Labute approximate surface area is 125 Å². The van der Waals surface area contributed by atoms with Gasteiger partial charge in [-0.2, -0.15) is 5.26 Å². The first kappa shape index (κ1) is 17.5. The predicted octanol–water partition coefficient (Wildman–Crippen LogP) is 3.89. The summed E-state index contributed by atoms with van der Waals surface area (Å²) < 4.78 is 6.01. The molecular weight excluding hydrogens is 248 g/mol. The van der Waals surface area contributed by atoms with Gasteiger partial charge < -0.3 is 4.74 Å². The maximum atomic E-state index is 9.27. The van der Waals surface area contributed by atoms with Crippen LogP contribution >= 0.6 is 0 Å². The van der Waals surface area contributed by atoms with E-state index in [2.05, 4.69) is 32.2 Å². The van der Waals surface area contributed by atoms with Crippen molar-refractivity contribution in [1.29, 1.82) is 5.26 Å².